The molecule has 1 saturated carbocycles. The van der Waals surface area contributed by atoms with Gasteiger partial charge in [0.25, 0.3) is 0 Å². The van der Waals surface area contributed by atoms with Crippen LogP contribution in [0, 0.1) is 0 Å². The lowest BCUT2D eigenvalue weighted by molar-refractivity contribution is 0.630. The number of hydrogen-bond donors (Lipinski definition) is 0. The molecule has 0 saturated heterocycles. The van der Waals surface area contributed by atoms with Crippen LogP contribution in [0.5, 0.6) is 0 Å². The van der Waals surface area contributed by atoms with Crippen molar-refractivity contribution in [3.63, 3.8) is 0 Å². The molecule has 1 fully saturated rings. The number of fused-ring (bicyclic) bond motifs is 1. The summed E-state index contributed by atoms with van der Waals surface area (Å²) in [5.41, 5.74) is 6.08. The third-order valence-corrected chi connectivity index (χ3v) is 5.07. The number of rotatable bonds is 2. The van der Waals surface area contributed by atoms with Crippen LogP contribution in [0.15, 0.2) is 84.0 Å². The van der Waals surface area contributed by atoms with Crippen LogP contribution in [-0.4, -0.2) is 0 Å². The smallest absolute Gasteiger partial charge is 0.0128 e. The lowest BCUT2D eigenvalue weighted by atomic mass is 9.72. The molecule has 0 aliphatic heterocycles. The molecule has 0 heterocycles. The van der Waals surface area contributed by atoms with Gasteiger partial charge in [0.05, 0.1) is 0 Å². The van der Waals surface area contributed by atoms with Crippen molar-refractivity contribution in [1.82, 2.24) is 0 Å². The first kappa shape index (κ1) is 13.6. The Balaban J connectivity index is 1.79. The Bertz CT molecular complexity index is 628. The Morgan fingerprint density at radius 1 is 0.545 bits per heavy atom. The van der Waals surface area contributed by atoms with Crippen LogP contribution in [0.1, 0.15) is 48.6 Å². The molecule has 22 heavy (non-hydrogen) atoms. The molecule has 2 aromatic carbocycles. The van der Waals surface area contributed by atoms with Crippen molar-refractivity contribution in [3.05, 3.63) is 95.1 Å². The zero-order valence-corrected chi connectivity index (χ0v) is 12.9. The fraction of sp³-hybridized carbons (Fsp3) is 0.273. The lowest BCUT2D eigenvalue weighted by Crippen LogP contribution is -2.15. The predicted octanol–water partition coefficient (Wildman–Crippen LogP) is 5.99. The van der Waals surface area contributed by atoms with Gasteiger partial charge in [-0.2, -0.15) is 0 Å². The Morgan fingerprint density at radius 2 is 0.955 bits per heavy atom. The maximum atomic E-state index is 2.56. The van der Waals surface area contributed by atoms with Crippen LogP contribution in [0.25, 0.3) is 0 Å². The van der Waals surface area contributed by atoms with E-state index < -0.39 is 0 Å². The van der Waals surface area contributed by atoms with Crippen LogP contribution < -0.4 is 0 Å². The molecule has 0 bridgehead atoms. The standard InChI is InChI=1S/C22H22/c1-3-9-17(10-4-1)21-15-19-13-7-8-14-20(19)16-22(21)18-11-5-2-6-12-18/h1-6,9-12,15-16,21-22H,7-8,13-14H2. The first-order valence-electron chi connectivity index (χ1n) is 8.43. The van der Waals surface area contributed by atoms with Gasteiger partial charge in [0.15, 0.2) is 0 Å². The van der Waals surface area contributed by atoms with Crippen molar-refractivity contribution in [3.8, 4) is 0 Å². The average Bonchev–Trinajstić information content (AvgIpc) is 2.62. The second-order valence-corrected chi connectivity index (χ2v) is 6.46. The second kappa shape index (κ2) is 5.96. The third-order valence-electron chi connectivity index (χ3n) is 5.07. The van der Waals surface area contributed by atoms with Crippen molar-refractivity contribution in [2.24, 2.45) is 0 Å². The molecule has 0 N–H and O–H groups in total. The zero-order valence-electron chi connectivity index (χ0n) is 12.9. The first-order chi connectivity index (χ1) is 10.9. The van der Waals surface area contributed by atoms with E-state index in [2.05, 4.69) is 72.8 Å². The van der Waals surface area contributed by atoms with Gasteiger partial charge < -0.3 is 0 Å². The topological polar surface area (TPSA) is 0 Å². The van der Waals surface area contributed by atoms with E-state index in [-0.39, 0.29) is 0 Å². The van der Waals surface area contributed by atoms with E-state index in [1.54, 1.807) is 11.1 Å². The van der Waals surface area contributed by atoms with Crippen molar-refractivity contribution in [1.29, 1.82) is 0 Å². The van der Waals surface area contributed by atoms with E-state index in [0.29, 0.717) is 11.8 Å². The van der Waals surface area contributed by atoms with E-state index in [9.17, 15) is 0 Å². The molecule has 2 unspecified atom stereocenters. The summed E-state index contributed by atoms with van der Waals surface area (Å²) in [5, 5.41) is 0. The Kier molecular flexibility index (Phi) is 3.68. The summed E-state index contributed by atoms with van der Waals surface area (Å²) in [6, 6.07) is 22.0. The van der Waals surface area contributed by atoms with Crippen LogP contribution in [0.4, 0.5) is 0 Å². The van der Waals surface area contributed by atoms with Crippen molar-refractivity contribution in [2.45, 2.75) is 37.5 Å². The minimum absolute atomic E-state index is 0.473. The molecule has 2 aliphatic carbocycles. The van der Waals surface area contributed by atoms with Crippen LogP contribution in [-0.2, 0) is 0 Å². The summed E-state index contributed by atoms with van der Waals surface area (Å²) in [6.45, 7) is 0. The molecule has 0 radical (unpaired) electrons. The molecule has 0 amide bonds. The molecule has 2 atom stereocenters. The normalized spacial score (nSPS) is 24.2. The molecular weight excluding hydrogens is 264 g/mol. The maximum Gasteiger partial charge on any atom is 0.0128 e. The van der Waals surface area contributed by atoms with E-state index in [1.807, 2.05) is 0 Å². The van der Waals surface area contributed by atoms with Gasteiger partial charge in [-0.05, 0) is 48.0 Å². The van der Waals surface area contributed by atoms with Gasteiger partial charge in [0, 0.05) is 11.8 Å². The van der Waals surface area contributed by atoms with Crippen molar-refractivity contribution >= 4 is 0 Å². The van der Waals surface area contributed by atoms with Crippen LogP contribution in [0.2, 0.25) is 0 Å². The van der Waals surface area contributed by atoms with Gasteiger partial charge in [0.1, 0.15) is 0 Å². The number of hydrogen-bond acceptors (Lipinski definition) is 0. The fourth-order valence-corrected chi connectivity index (χ4v) is 3.93. The van der Waals surface area contributed by atoms with Crippen molar-refractivity contribution in [2.75, 3.05) is 0 Å². The molecule has 110 valence electrons. The Morgan fingerprint density at radius 3 is 1.36 bits per heavy atom. The largest absolute Gasteiger partial charge is 0.0726 e. The lowest BCUT2D eigenvalue weighted by Gasteiger charge is -2.32. The van der Waals surface area contributed by atoms with E-state index in [4.69, 9.17) is 0 Å². The van der Waals surface area contributed by atoms with E-state index in [0.717, 1.165) is 0 Å². The summed E-state index contributed by atoms with van der Waals surface area (Å²) in [7, 11) is 0. The molecule has 0 aromatic heterocycles. The van der Waals surface area contributed by atoms with Gasteiger partial charge in [0.2, 0.25) is 0 Å². The van der Waals surface area contributed by atoms with Crippen molar-refractivity contribution < 1.29 is 0 Å². The highest BCUT2D eigenvalue weighted by molar-refractivity contribution is 5.47. The molecule has 2 aliphatic rings. The minimum atomic E-state index is 0.473. The van der Waals surface area contributed by atoms with Gasteiger partial charge >= 0.3 is 0 Å². The van der Waals surface area contributed by atoms with E-state index >= 15 is 0 Å². The summed E-state index contributed by atoms with van der Waals surface area (Å²) >= 11 is 0. The van der Waals surface area contributed by atoms with Crippen LogP contribution in [0.3, 0.4) is 0 Å². The molecule has 0 spiro atoms. The Labute approximate surface area is 133 Å². The second-order valence-electron chi connectivity index (χ2n) is 6.46. The van der Waals surface area contributed by atoms with Crippen LogP contribution >= 0.6 is 0 Å². The summed E-state index contributed by atoms with van der Waals surface area (Å²) < 4.78 is 0. The molecule has 4 rings (SSSR count). The SMILES string of the molecule is C1=C2CCCCC2=CC(c2ccccc2)C1c1ccccc1. The first-order valence-corrected chi connectivity index (χ1v) is 8.43. The fourth-order valence-electron chi connectivity index (χ4n) is 3.93. The number of allylic oxidation sites excluding steroid dienone is 4. The van der Waals surface area contributed by atoms with Gasteiger partial charge in [-0.25, -0.2) is 0 Å². The molecular formula is C22H22. The molecule has 0 nitrogen and oxygen atoms in total. The predicted molar refractivity (Wildman–Crippen MR) is 93.0 cm³/mol. The minimum Gasteiger partial charge on any atom is -0.0726 e. The summed E-state index contributed by atoms with van der Waals surface area (Å²) in [4.78, 5) is 0. The molecule has 0 heteroatoms. The highest BCUT2D eigenvalue weighted by Crippen LogP contribution is 2.44. The maximum absolute atomic E-state index is 2.56. The quantitative estimate of drug-likeness (QED) is 0.635. The van der Waals surface area contributed by atoms with Gasteiger partial charge in [-0.1, -0.05) is 72.8 Å². The highest BCUT2D eigenvalue weighted by atomic mass is 14.3. The highest BCUT2D eigenvalue weighted by Gasteiger charge is 2.28. The van der Waals surface area contributed by atoms with E-state index in [1.165, 1.54) is 36.8 Å². The summed E-state index contributed by atoms with van der Waals surface area (Å²) in [5.74, 6) is 0.945. The Hall–Kier alpha value is -2.08. The monoisotopic (exact) mass is 286 g/mol. The summed E-state index contributed by atoms with van der Waals surface area (Å²) in [6.07, 6.45) is 10.3. The zero-order chi connectivity index (χ0) is 14.8. The van der Waals surface area contributed by atoms with Gasteiger partial charge in [-0.3, -0.25) is 0 Å². The van der Waals surface area contributed by atoms with Gasteiger partial charge in [-0.15, -0.1) is 0 Å². The third kappa shape index (κ3) is 2.54. The average molecular weight is 286 g/mol. The molecule has 2 aromatic rings. The number of benzene rings is 2.